The van der Waals surface area contributed by atoms with E-state index in [0.717, 1.165) is 26.0 Å². The van der Waals surface area contributed by atoms with E-state index in [4.69, 9.17) is 4.74 Å². The number of methoxy groups -OCH3 is 1. The van der Waals surface area contributed by atoms with Crippen molar-refractivity contribution in [3.05, 3.63) is 65.7 Å². The zero-order valence-corrected chi connectivity index (χ0v) is 12.8. The predicted octanol–water partition coefficient (Wildman–Crippen LogP) is 4.31. The van der Waals surface area contributed by atoms with E-state index in [1.54, 1.807) is 7.11 Å². The Morgan fingerprint density at radius 2 is 1.62 bits per heavy atom. The molecule has 0 bridgehead atoms. The summed E-state index contributed by atoms with van der Waals surface area (Å²) in [6.07, 6.45) is 4.53. The SMILES string of the molecule is COCCc1ccccc1NCCCCc1ccccc1. The molecular formula is C19H25NO. The van der Waals surface area contributed by atoms with Gasteiger partial charge in [-0.2, -0.15) is 0 Å². The number of anilines is 1. The first-order valence-corrected chi connectivity index (χ1v) is 7.75. The van der Waals surface area contributed by atoms with Crippen LogP contribution in [-0.4, -0.2) is 20.3 Å². The summed E-state index contributed by atoms with van der Waals surface area (Å²) in [4.78, 5) is 0. The third-order valence-electron chi connectivity index (χ3n) is 3.64. The van der Waals surface area contributed by atoms with Crippen molar-refractivity contribution in [2.24, 2.45) is 0 Å². The molecule has 0 fully saturated rings. The third-order valence-corrected chi connectivity index (χ3v) is 3.64. The van der Waals surface area contributed by atoms with Gasteiger partial charge in [0.25, 0.3) is 0 Å². The van der Waals surface area contributed by atoms with Gasteiger partial charge in [0.1, 0.15) is 0 Å². The van der Waals surface area contributed by atoms with Crippen LogP contribution in [0.2, 0.25) is 0 Å². The van der Waals surface area contributed by atoms with Gasteiger partial charge in [0.05, 0.1) is 6.61 Å². The minimum atomic E-state index is 0.771. The maximum atomic E-state index is 5.17. The van der Waals surface area contributed by atoms with Gasteiger partial charge in [0.15, 0.2) is 0 Å². The molecule has 1 N–H and O–H groups in total. The summed E-state index contributed by atoms with van der Waals surface area (Å²) in [7, 11) is 1.75. The van der Waals surface area contributed by atoms with E-state index in [0.29, 0.717) is 0 Å². The molecule has 0 radical (unpaired) electrons. The molecule has 0 aliphatic rings. The van der Waals surface area contributed by atoms with Gasteiger partial charge in [0.2, 0.25) is 0 Å². The molecule has 0 saturated carbocycles. The average Bonchev–Trinajstić information content (AvgIpc) is 2.54. The Kier molecular flexibility index (Phi) is 6.82. The number of rotatable bonds is 9. The summed E-state index contributed by atoms with van der Waals surface area (Å²) < 4.78 is 5.17. The number of para-hydroxylation sites is 1. The highest BCUT2D eigenvalue weighted by atomic mass is 16.5. The highest BCUT2D eigenvalue weighted by Crippen LogP contribution is 2.16. The Balaban J connectivity index is 1.71. The first-order valence-electron chi connectivity index (χ1n) is 7.75. The van der Waals surface area contributed by atoms with Crippen molar-refractivity contribution in [3.63, 3.8) is 0 Å². The molecule has 0 spiro atoms. The van der Waals surface area contributed by atoms with E-state index in [9.17, 15) is 0 Å². The second-order valence-electron chi connectivity index (χ2n) is 5.27. The van der Waals surface area contributed by atoms with Gasteiger partial charge in [-0.1, -0.05) is 48.5 Å². The summed E-state index contributed by atoms with van der Waals surface area (Å²) in [6.45, 7) is 1.80. The van der Waals surface area contributed by atoms with Crippen LogP contribution in [0.15, 0.2) is 54.6 Å². The molecule has 112 valence electrons. The average molecular weight is 283 g/mol. The van der Waals surface area contributed by atoms with Crippen molar-refractivity contribution in [1.82, 2.24) is 0 Å². The molecule has 2 aromatic rings. The molecule has 0 atom stereocenters. The van der Waals surface area contributed by atoms with Crippen LogP contribution in [0.25, 0.3) is 0 Å². The van der Waals surface area contributed by atoms with E-state index in [1.165, 1.54) is 29.7 Å². The highest BCUT2D eigenvalue weighted by Gasteiger charge is 2.00. The van der Waals surface area contributed by atoms with Gasteiger partial charge in [-0.3, -0.25) is 0 Å². The summed E-state index contributed by atoms with van der Waals surface area (Å²) in [5, 5.41) is 3.55. The van der Waals surface area contributed by atoms with E-state index in [2.05, 4.69) is 59.9 Å². The van der Waals surface area contributed by atoms with Crippen LogP contribution < -0.4 is 5.32 Å². The molecule has 0 unspecified atom stereocenters. The van der Waals surface area contributed by atoms with Crippen molar-refractivity contribution in [2.75, 3.05) is 25.6 Å². The number of nitrogens with one attached hydrogen (secondary N) is 1. The second-order valence-corrected chi connectivity index (χ2v) is 5.27. The van der Waals surface area contributed by atoms with E-state index in [-0.39, 0.29) is 0 Å². The van der Waals surface area contributed by atoms with Crippen molar-refractivity contribution < 1.29 is 4.74 Å². The molecule has 2 nitrogen and oxygen atoms in total. The maximum absolute atomic E-state index is 5.17. The second kappa shape index (κ2) is 9.19. The standard InChI is InChI=1S/C19H25NO/c1-21-16-14-18-12-5-6-13-19(18)20-15-8-7-11-17-9-3-2-4-10-17/h2-6,9-10,12-13,20H,7-8,11,14-16H2,1H3. The van der Waals surface area contributed by atoms with Crippen molar-refractivity contribution in [3.8, 4) is 0 Å². The third kappa shape index (κ3) is 5.60. The molecule has 0 aromatic heterocycles. The minimum Gasteiger partial charge on any atom is -0.385 e. The summed E-state index contributed by atoms with van der Waals surface area (Å²) in [5.41, 5.74) is 4.01. The molecule has 0 amide bonds. The lowest BCUT2D eigenvalue weighted by Crippen LogP contribution is -2.06. The minimum absolute atomic E-state index is 0.771. The van der Waals surface area contributed by atoms with Crippen LogP contribution in [0.1, 0.15) is 24.0 Å². The van der Waals surface area contributed by atoms with E-state index in [1.807, 2.05) is 0 Å². The normalized spacial score (nSPS) is 10.5. The quantitative estimate of drug-likeness (QED) is 0.692. The first-order chi connectivity index (χ1) is 10.4. The number of hydrogen-bond acceptors (Lipinski definition) is 2. The first kappa shape index (κ1) is 15.6. The Morgan fingerprint density at radius 3 is 2.43 bits per heavy atom. The van der Waals surface area contributed by atoms with Crippen molar-refractivity contribution in [2.45, 2.75) is 25.7 Å². The molecule has 0 saturated heterocycles. The molecule has 0 aliphatic carbocycles. The topological polar surface area (TPSA) is 21.3 Å². The van der Waals surface area contributed by atoms with Gasteiger partial charge in [-0.15, -0.1) is 0 Å². The molecule has 2 rings (SSSR count). The van der Waals surface area contributed by atoms with Crippen LogP contribution in [0, 0.1) is 0 Å². The van der Waals surface area contributed by atoms with Crippen LogP contribution in [0.4, 0.5) is 5.69 Å². The molecule has 0 heterocycles. The number of aryl methyl sites for hydroxylation is 1. The van der Waals surface area contributed by atoms with Crippen LogP contribution >= 0.6 is 0 Å². The van der Waals surface area contributed by atoms with Crippen LogP contribution in [0.3, 0.4) is 0 Å². The molecular weight excluding hydrogens is 258 g/mol. The Bertz CT molecular complexity index is 510. The lowest BCUT2D eigenvalue weighted by Gasteiger charge is -2.11. The lowest BCUT2D eigenvalue weighted by atomic mass is 10.1. The zero-order chi connectivity index (χ0) is 14.8. The molecule has 0 aliphatic heterocycles. The highest BCUT2D eigenvalue weighted by molar-refractivity contribution is 5.51. The van der Waals surface area contributed by atoms with Crippen LogP contribution in [0.5, 0.6) is 0 Å². The number of benzene rings is 2. The predicted molar refractivity (Wildman–Crippen MR) is 89.9 cm³/mol. The fourth-order valence-electron chi connectivity index (χ4n) is 2.44. The summed E-state index contributed by atoms with van der Waals surface area (Å²) in [6, 6.07) is 19.2. The largest absolute Gasteiger partial charge is 0.385 e. The Hall–Kier alpha value is -1.80. The van der Waals surface area contributed by atoms with Crippen LogP contribution in [-0.2, 0) is 17.6 Å². The monoisotopic (exact) mass is 283 g/mol. The summed E-state index contributed by atoms with van der Waals surface area (Å²) in [5.74, 6) is 0. The summed E-state index contributed by atoms with van der Waals surface area (Å²) >= 11 is 0. The van der Waals surface area contributed by atoms with Crippen molar-refractivity contribution >= 4 is 5.69 Å². The lowest BCUT2D eigenvalue weighted by molar-refractivity contribution is 0.202. The van der Waals surface area contributed by atoms with Gasteiger partial charge in [-0.05, 0) is 42.9 Å². The maximum Gasteiger partial charge on any atom is 0.0503 e. The fraction of sp³-hybridized carbons (Fsp3) is 0.368. The Labute approximate surface area is 128 Å². The number of unbranched alkanes of at least 4 members (excludes halogenated alkanes) is 1. The number of ether oxygens (including phenoxy) is 1. The Morgan fingerprint density at radius 1 is 0.857 bits per heavy atom. The van der Waals surface area contributed by atoms with Crippen molar-refractivity contribution in [1.29, 1.82) is 0 Å². The van der Waals surface area contributed by atoms with Gasteiger partial charge < -0.3 is 10.1 Å². The smallest absolute Gasteiger partial charge is 0.0503 e. The number of hydrogen-bond donors (Lipinski definition) is 1. The van der Waals surface area contributed by atoms with Gasteiger partial charge in [-0.25, -0.2) is 0 Å². The van der Waals surface area contributed by atoms with E-state index >= 15 is 0 Å². The molecule has 2 heteroatoms. The molecule has 2 aromatic carbocycles. The van der Waals surface area contributed by atoms with E-state index < -0.39 is 0 Å². The molecule has 21 heavy (non-hydrogen) atoms. The van der Waals surface area contributed by atoms with Gasteiger partial charge >= 0.3 is 0 Å². The van der Waals surface area contributed by atoms with Gasteiger partial charge in [0, 0.05) is 19.3 Å². The fourth-order valence-corrected chi connectivity index (χ4v) is 2.44. The zero-order valence-electron chi connectivity index (χ0n) is 12.8.